The molecule has 114 valence electrons. The van der Waals surface area contributed by atoms with E-state index in [1.807, 2.05) is 0 Å². The van der Waals surface area contributed by atoms with E-state index in [1.54, 1.807) is 0 Å². The molecule has 0 radical (unpaired) electrons. The number of hydrogen-bond acceptors (Lipinski definition) is 2. The number of benzene rings is 1. The molecule has 0 fully saturated rings. The maximum absolute atomic E-state index is 6.24. The second kappa shape index (κ2) is 8.29. The molecule has 0 heterocycles. The summed E-state index contributed by atoms with van der Waals surface area (Å²) in [5.41, 5.74) is 0.517. The van der Waals surface area contributed by atoms with Crippen molar-refractivity contribution < 1.29 is 0 Å². The third kappa shape index (κ3) is 4.44. The van der Waals surface area contributed by atoms with E-state index in [1.165, 1.54) is 6.42 Å². The molecular weight excluding hydrogens is 398 g/mol. The zero-order chi connectivity index (χ0) is 15.5. The fraction of sp³-hybridized carbons (Fsp3) is 0.538. The second-order valence-electron chi connectivity index (χ2n) is 4.57. The summed E-state index contributed by atoms with van der Waals surface area (Å²) < 4.78 is -0.806. The molecule has 0 bridgehead atoms. The van der Waals surface area contributed by atoms with Crippen molar-refractivity contribution in [2.45, 2.75) is 43.1 Å². The summed E-state index contributed by atoms with van der Waals surface area (Å²) in [7, 11) is 0. The lowest BCUT2D eigenvalue weighted by molar-refractivity contribution is 0.613. The topological polar surface area (TPSA) is 0 Å². The first-order chi connectivity index (χ1) is 9.24. The first kappa shape index (κ1) is 19.4. The lowest BCUT2D eigenvalue weighted by Crippen LogP contribution is -2.13. The number of thiol groups is 2. The van der Waals surface area contributed by atoms with E-state index in [9.17, 15) is 0 Å². The first-order valence-electron chi connectivity index (χ1n) is 6.20. The molecule has 0 saturated heterocycles. The van der Waals surface area contributed by atoms with Crippen molar-refractivity contribution in [3.63, 3.8) is 0 Å². The first-order valence-corrected chi connectivity index (χ1v) is 8.99. The minimum Gasteiger partial charge on any atom is -0.157 e. The molecule has 0 atom stereocenters. The number of rotatable bonds is 6. The molecule has 0 nitrogen and oxygen atoms in total. The van der Waals surface area contributed by atoms with Gasteiger partial charge < -0.3 is 0 Å². The SMILES string of the molecule is CCCCCCC(S)(S)c1c(Cl)c(Cl)c(Cl)c(Cl)c1Cl. The largest absolute Gasteiger partial charge is 0.157 e. The van der Waals surface area contributed by atoms with Crippen LogP contribution in [0.5, 0.6) is 0 Å². The molecule has 1 aromatic carbocycles. The molecule has 7 heteroatoms. The summed E-state index contributed by atoms with van der Waals surface area (Å²) >= 11 is 39.8. The van der Waals surface area contributed by atoms with Crippen LogP contribution in [0, 0.1) is 0 Å². The lowest BCUT2D eigenvalue weighted by atomic mass is 10.0. The van der Waals surface area contributed by atoms with Gasteiger partial charge in [-0.15, -0.1) is 0 Å². The molecule has 0 aliphatic heterocycles. The predicted octanol–water partition coefficient (Wildman–Crippen LogP) is 7.94. The Morgan fingerprint density at radius 3 is 1.65 bits per heavy atom. The quantitative estimate of drug-likeness (QED) is 0.153. The van der Waals surface area contributed by atoms with Gasteiger partial charge in [0.05, 0.1) is 29.2 Å². The standard InChI is InChI=1S/C13H15Cl5S2/c1-2-3-4-5-6-13(19,20)7-8(14)10(16)12(18)11(17)9(7)15/h19-20H,2-6H2,1H3. The van der Waals surface area contributed by atoms with Gasteiger partial charge in [-0.2, -0.15) is 25.3 Å². The molecule has 0 unspecified atom stereocenters. The molecule has 0 aromatic heterocycles. The van der Waals surface area contributed by atoms with Gasteiger partial charge in [0.15, 0.2) is 0 Å². The van der Waals surface area contributed by atoms with Gasteiger partial charge in [0.2, 0.25) is 0 Å². The Kier molecular flexibility index (Phi) is 8.04. The molecule has 0 amide bonds. The molecule has 0 saturated carbocycles. The predicted molar refractivity (Wildman–Crippen MR) is 99.9 cm³/mol. The number of unbranched alkanes of at least 4 members (excludes halogenated alkanes) is 3. The van der Waals surface area contributed by atoms with Crippen LogP contribution in [0.4, 0.5) is 0 Å². The van der Waals surface area contributed by atoms with Gasteiger partial charge in [0.25, 0.3) is 0 Å². The normalized spacial score (nSPS) is 12.0. The van der Waals surface area contributed by atoms with Crippen LogP contribution in [0.25, 0.3) is 0 Å². The van der Waals surface area contributed by atoms with Crippen LogP contribution >= 0.6 is 83.3 Å². The summed E-state index contributed by atoms with van der Waals surface area (Å²) in [6.07, 6.45) is 5.09. The van der Waals surface area contributed by atoms with E-state index in [-0.39, 0.29) is 25.1 Å². The Morgan fingerprint density at radius 2 is 1.20 bits per heavy atom. The summed E-state index contributed by atoms with van der Waals surface area (Å²) in [5, 5.41) is 1.02. The highest BCUT2D eigenvalue weighted by Gasteiger charge is 2.32. The smallest absolute Gasteiger partial charge is 0.0832 e. The highest BCUT2D eigenvalue weighted by molar-refractivity contribution is 7.99. The van der Waals surface area contributed by atoms with Crippen LogP contribution in [-0.2, 0) is 4.08 Å². The Hall–Kier alpha value is 1.37. The van der Waals surface area contributed by atoms with Crippen molar-refractivity contribution in [3.8, 4) is 0 Å². The summed E-state index contributed by atoms with van der Waals surface area (Å²) in [4.78, 5) is 0. The molecule has 0 aliphatic carbocycles. The molecule has 0 spiro atoms. The van der Waals surface area contributed by atoms with Gasteiger partial charge in [-0.25, -0.2) is 0 Å². The van der Waals surface area contributed by atoms with Crippen LogP contribution in [0.1, 0.15) is 44.6 Å². The Bertz CT molecular complexity index is 459. The van der Waals surface area contributed by atoms with Crippen molar-refractivity contribution in [2.24, 2.45) is 0 Å². The minimum atomic E-state index is -0.806. The zero-order valence-electron chi connectivity index (χ0n) is 10.8. The van der Waals surface area contributed by atoms with Gasteiger partial charge in [-0.1, -0.05) is 90.6 Å². The van der Waals surface area contributed by atoms with Gasteiger partial charge in [-0.3, -0.25) is 0 Å². The van der Waals surface area contributed by atoms with E-state index in [0.717, 1.165) is 19.3 Å². The summed E-state index contributed by atoms with van der Waals surface area (Å²) in [6, 6.07) is 0. The fourth-order valence-electron chi connectivity index (χ4n) is 1.88. The van der Waals surface area contributed by atoms with Crippen LogP contribution in [0.3, 0.4) is 0 Å². The van der Waals surface area contributed by atoms with Crippen molar-refractivity contribution in [1.29, 1.82) is 0 Å². The third-order valence-electron chi connectivity index (χ3n) is 2.99. The van der Waals surface area contributed by atoms with Crippen molar-refractivity contribution >= 4 is 83.3 Å². The third-order valence-corrected chi connectivity index (χ3v) is 6.16. The van der Waals surface area contributed by atoms with Crippen LogP contribution in [0.15, 0.2) is 0 Å². The van der Waals surface area contributed by atoms with Crippen LogP contribution in [0.2, 0.25) is 25.1 Å². The lowest BCUT2D eigenvalue weighted by Gasteiger charge is -2.27. The highest BCUT2D eigenvalue weighted by Crippen LogP contribution is 2.52. The average molecular weight is 413 g/mol. The molecule has 1 rings (SSSR count). The van der Waals surface area contributed by atoms with E-state index >= 15 is 0 Å². The van der Waals surface area contributed by atoms with E-state index in [0.29, 0.717) is 12.0 Å². The van der Waals surface area contributed by atoms with E-state index in [2.05, 4.69) is 32.2 Å². The van der Waals surface area contributed by atoms with Crippen molar-refractivity contribution in [1.82, 2.24) is 0 Å². The Morgan fingerprint density at radius 1 is 0.750 bits per heavy atom. The molecule has 0 aliphatic rings. The maximum atomic E-state index is 6.24. The monoisotopic (exact) mass is 410 g/mol. The molecular formula is C13H15Cl5S2. The van der Waals surface area contributed by atoms with Gasteiger partial charge in [0, 0.05) is 5.56 Å². The van der Waals surface area contributed by atoms with E-state index < -0.39 is 4.08 Å². The second-order valence-corrected chi connectivity index (χ2v) is 8.34. The minimum absolute atomic E-state index is 0.149. The van der Waals surface area contributed by atoms with E-state index in [4.69, 9.17) is 58.0 Å². The van der Waals surface area contributed by atoms with Gasteiger partial charge in [0.1, 0.15) is 0 Å². The van der Waals surface area contributed by atoms with Gasteiger partial charge in [-0.05, 0) is 6.42 Å². The Balaban J connectivity index is 3.11. The molecule has 20 heavy (non-hydrogen) atoms. The summed E-state index contributed by atoms with van der Waals surface area (Å²) in [6.45, 7) is 2.15. The zero-order valence-corrected chi connectivity index (χ0v) is 16.4. The number of halogens is 5. The molecule has 0 N–H and O–H groups in total. The fourth-order valence-corrected chi connectivity index (χ4v) is 4.37. The maximum Gasteiger partial charge on any atom is 0.0832 e. The van der Waals surface area contributed by atoms with Crippen LogP contribution in [-0.4, -0.2) is 0 Å². The summed E-state index contributed by atoms with van der Waals surface area (Å²) in [5.74, 6) is 0. The highest BCUT2D eigenvalue weighted by atomic mass is 35.5. The van der Waals surface area contributed by atoms with Crippen LogP contribution < -0.4 is 0 Å². The van der Waals surface area contributed by atoms with Crippen molar-refractivity contribution in [3.05, 3.63) is 30.7 Å². The average Bonchev–Trinajstić information content (AvgIpc) is 2.39. The molecule has 1 aromatic rings. The van der Waals surface area contributed by atoms with Gasteiger partial charge >= 0.3 is 0 Å². The Labute approximate surface area is 156 Å². The van der Waals surface area contributed by atoms with Crippen molar-refractivity contribution in [2.75, 3.05) is 0 Å². The number of hydrogen-bond donors (Lipinski definition) is 2.